The molecule has 0 amide bonds. The van der Waals surface area contributed by atoms with Gasteiger partial charge in [-0.05, 0) is 61.4 Å². The lowest BCUT2D eigenvalue weighted by Gasteiger charge is -2.56. The second kappa shape index (κ2) is 5.17. The van der Waals surface area contributed by atoms with Crippen LogP contribution >= 0.6 is 0 Å². The fourth-order valence-corrected chi connectivity index (χ4v) is 5.15. The minimum Gasteiger partial charge on any atom is -0.490 e. The third-order valence-electron chi connectivity index (χ3n) is 5.99. The number of rotatable bonds is 3. The molecule has 112 valence electrons. The van der Waals surface area contributed by atoms with E-state index in [1.807, 2.05) is 6.08 Å². The Morgan fingerprint density at radius 3 is 3.19 bits per heavy atom. The summed E-state index contributed by atoms with van der Waals surface area (Å²) in [6.45, 7) is 5.52. The second-order valence-corrected chi connectivity index (χ2v) is 6.94. The van der Waals surface area contributed by atoms with Crippen molar-refractivity contribution in [3.63, 3.8) is 0 Å². The molecule has 1 N–H and O–H groups in total. The van der Waals surface area contributed by atoms with Gasteiger partial charge in [-0.25, -0.2) is 0 Å². The van der Waals surface area contributed by atoms with Crippen LogP contribution in [0.15, 0.2) is 30.9 Å². The van der Waals surface area contributed by atoms with Crippen LogP contribution in [0.2, 0.25) is 0 Å². The van der Waals surface area contributed by atoms with Crippen LogP contribution in [-0.2, 0) is 11.8 Å². The molecule has 1 aromatic rings. The van der Waals surface area contributed by atoms with Crippen molar-refractivity contribution in [1.29, 1.82) is 0 Å². The minimum atomic E-state index is 0.426. The zero-order chi connectivity index (χ0) is 14.3. The summed E-state index contributed by atoms with van der Waals surface area (Å²) in [4.78, 5) is 0. The van der Waals surface area contributed by atoms with Gasteiger partial charge < -0.3 is 10.1 Å². The molecule has 2 bridgehead atoms. The summed E-state index contributed by atoms with van der Waals surface area (Å²) in [7, 11) is 0. The third-order valence-corrected chi connectivity index (χ3v) is 5.99. The lowest BCUT2D eigenvalue weighted by Crippen LogP contribution is -2.59. The van der Waals surface area contributed by atoms with Crippen LogP contribution in [-0.4, -0.2) is 19.2 Å². The molecule has 0 aromatic heterocycles. The molecule has 3 aliphatic rings. The molecule has 3 atom stereocenters. The first-order valence-corrected chi connectivity index (χ1v) is 8.44. The van der Waals surface area contributed by atoms with E-state index in [2.05, 4.69) is 30.1 Å². The second-order valence-electron chi connectivity index (χ2n) is 6.94. The molecule has 2 aliphatic carbocycles. The lowest BCUT2D eigenvalue weighted by atomic mass is 9.53. The molecule has 0 radical (unpaired) electrons. The van der Waals surface area contributed by atoms with Gasteiger partial charge in [0, 0.05) is 11.5 Å². The number of hydrogen-bond acceptors (Lipinski definition) is 2. The average Bonchev–Trinajstić information content (AvgIpc) is 2.53. The molecule has 21 heavy (non-hydrogen) atoms. The summed E-state index contributed by atoms with van der Waals surface area (Å²) in [5.74, 6) is 1.85. The standard InChI is InChI=1S/C19H25NO/c1-2-11-21-15-7-6-14-12-18-16-5-3-4-8-19(16,9-10-20-18)17(14)13-15/h2,6-7,13,16,18,20H,1,3-5,8-12H2/t16?,18?,19-/m1/s1. The van der Waals surface area contributed by atoms with Crippen LogP contribution in [0.3, 0.4) is 0 Å². The number of benzene rings is 1. The Bertz CT molecular complexity index is 548. The van der Waals surface area contributed by atoms with Crippen molar-refractivity contribution in [3.05, 3.63) is 42.0 Å². The summed E-state index contributed by atoms with van der Waals surface area (Å²) < 4.78 is 5.80. The highest BCUT2D eigenvalue weighted by atomic mass is 16.5. The van der Waals surface area contributed by atoms with Gasteiger partial charge in [-0.15, -0.1) is 0 Å². The summed E-state index contributed by atoms with van der Waals surface area (Å²) in [5.41, 5.74) is 3.58. The Hall–Kier alpha value is -1.28. The van der Waals surface area contributed by atoms with Crippen LogP contribution in [0, 0.1) is 5.92 Å². The number of nitrogens with one attached hydrogen (secondary N) is 1. The van der Waals surface area contributed by atoms with E-state index in [-0.39, 0.29) is 0 Å². The Morgan fingerprint density at radius 2 is 2.29 bits per heavy atom. The fourth-order valence-electron chi connectivity index (χ4n) is 5.15. The number of ether oxygens (including phenoxy) is 1. The number of hydrogen-bond donors (Lipinski definition) is 1. The van der Waals surface area contributed by atoms with E-state index in [4.69, 9.17) is 4.74 Å². The molecule has 2 nitrogen and oxygen atoms in total. The maximum absolute atomic E-state index is 5.80. The maximum Gasteiger partial charge on any atom is 0.120 e. The Kier molecular flexibility index (Phi) is 3.30. The van der Waals surface area contributed by atoms with Crippen molar-refractivity contribution in [2.75, 3.05) is 13.2 Å². The molecular formula is C19H25NO. The molecule has 2 heteroatoms. The van der Waals surface area contributed by atoms with E-state index in [1.54, 1.807) is 11.1 Å². The van der Waals surface area contributed by atoms with Crippen LogP contribution in [0.5, 0.6) is 5.75 Å². The smallest absolute Gasteiger partial charge is 0.120 e. The summed E-state index contributed by atoms with van der Waals surface area (Å²) in [6, 6.07) is 7.49. The molecule has 1 saturated carbocycles. The van der Waals surface area contributed by atoms with Crippen molar-refractivity contribution < 1.29 is 4.74 Å². The molecule has 1 heterocycles. The molecule has 1 saturated heterocycles. The summed E-state index contributed by atoms with van der Waals surface area (Å²) in [6.07, 6.45) is 9.88. The van der Waals surface area contributed by atoms with Gasteiger partial charge >= 0.3 is 0 Å². The lowest BCUT2D eigenvalue weighted by molar-refractivity contribution is 0.0795. The van der Waals surface area contributed by atoms with Crippen molar-refractivity contribution in [3.8, 4) is 5.75 Å². The van der Waals surface area contributed by atoms with E-state index < -0.39 is 0 Å². The van der Waals surface area contributed by atoms with Crippen molar-refractivity contribution >= 4 is 0 Å². The number of piperidine rings is 1. The van der Waals surface area contributed by atoms with Gasteiger partial charge in [0.25, 0.3) is 0 Å². The molecule has 2 unspecified atom stereocenters. The van der Waals surface area contributed by atoms with E-state index in [9.17, 15) is 0 Å². The van der Waals surface area contributed by atoms with Crippen LogP contribution in [0.4, 0.5) is 0 Å². The van der Waals surface area contributed by atoms with Gasteiger partial charge in [-0.1, -0.05) is 31.6 Å². The van der Waals surface area contributed by atoms with Gasteiger partial charge in [-0.2, -0.15) is 0 Å². The first-order chi connectivity index (χ1) is 10.3. The zero-order valence-corrected chi connectivity index (χ0v) is 12.7. The van der Waals surface area contributed by atoms with Crippen molar-refractivity contribution in [2.45, 2.75) is 50.0 Å². The molecule has 1 aliphatic heterocycles. The largest absolute Gasteiger partial charge is 0.490 e. The first-order valence-electron chi connectivity index (χ1n) is 8.44. The topological polar surface area (TPSA) is 21.3 Å². The molecule has 1 aromatic carbocycles. The van der Waals surface area contributed by atoms with E-state index in [0.29, 0.717) is 18.1 Å². The Labute approximate surface area is 127 Å². The highest BCUT2D eigenvalue weighted by Gasteiger charge is 2.51. The van der Waals surface area contributed by atoms with Crippen molar-refractivity contribution in [1.82, 2.24) is 5.32 Å². The van der Waals surface area contributed by atoms with Crippen molar-refractivity contribution in [2.24, 2.45) is 5.92 Å². The highest BCUT2D eigenvalue weighted by Crippen LogP contribution is 2.54. The van der Waals surface area contributed by atoms with Crippen LogP contribution < -0.4 is 10.1 Å². The van der Waals surface area contributed by atoms with Gasteiger partial charge in [0.15, 0.2) is 0 Å². The maximum atomic E-state index is 5.80. The average molecular weight is 283 g/mol. The summed E-state index contributed by atoms with van der Waals surface area (Å²) >= 11 is 0. The fraction of sp³-hybridized carbons (Fsp3) is 0.579. The van der Waals surface area contributed by atoms with Crippen LogP contribution in [0.1, 0.15) is 43.2 Å². The molecule has 0 spiro atoms. The van der Waals surface area contributed by atoms with E-state index in [1.165, 1.54) is 45.1 Å². The SMILES string of the molecule is C=CCOc1ccc2c(c1)[C@@]13CCCCC1C(C2)NCC3. The van der Waals surface area contributed by atoms with Gasteiger partial charge in [-0.3, -0.25) is 0 Å². The molecule has 4 rings (SSSR count). The Morgan fingerprint density at radius 1 is 1.33 bits per heavy atom. The monoisotopic (exact) mass is 283 g/mol. The predicted molar refractivity (Wildman–Crippen MR) is 85.9 cm³/mol. The van der Waals surface area contributed by atoms with E-state index >= 15 is 0 Å². The van der Waals surface area contributed by atoms with Gasteiger partial charge in [0.2, 0.25) is 0 Å². The highest BCUT2D eigenvalue weighted by molar-refractivity contribution is 5.45. The molecule has 2 fully saturated rings. The zero-order valence-electron chi connectivity index (χ0n) is 12.7. The third kappa shape index (κ3) is 2.03. The normalized spacial score (nSPS) is 33.7. The predicted octanol–water partition coefficient (Wildman–Crippen LogP) is 3.60. The van der Waals surface area contributed by atoms with Crippen LogP contribution in [0.25, 0.3) is 0 Å². The minimum absolute atomic E-state index is 0.426. The van der Waals surface area contributed by atoms with E-state index in [0.717, 1.165) is 11.7 Å². The number of fused-ring (bicyclic) bond motifs is 1. The Balaban J connectivity index is 1.77. The first kappa shape index (κ1) is 13.4. The molecular weight excluding hydrogens is 258 g/mol. The quantitative estimate of drug-likeness (QED) is 0.856. The summed E-state index contributed by atoms with van der Waals surface area (Å²) in [5, 5.41) is 3.79. The van der Waals surface area contributed by atoms with Gasteiger partial charge in [0.1, 0.15) is 12.4 Å². The van der Waals surface area contributed by atoms with Gasteiger partial charge in [0.05, 0.1) is 0 Å².